The molecule has 0 aliphatic carbocycles. The molecule has 0 saturated heterocycles. The van der Waals surface area contributed by atoms with Gasteiger partial charge in [0.15, 0.2) is 5.82 Å². The molecular weight excluding hydrogens is 266 g/mol. The van der Waals surface area contributed by atoms with Crippen molar-refractivity contribution >= 4 is 17.6 Å². The van der Waals surface area contributed by atoms with Crippen molar-refractivity contribution in [1.29, 1.82) is 0 Å². The molecule has 0 bridgehead atoms. The van der Waals surface area contributed by atoms with Crippen molar-refractivity contribution < 1.29 is 0 Å². The maximum absolute atomic E-state index is 4.67. The second kappa shape index (κ2) is 6.75. The zero-order valence-electron chi connectivity index (χ0n) is 12.5. The minimum Gasteiger partial charge on any atom is -0.373 e. The van der Waals surface area contributed by atoms with Gasteiger partial charge in [0, 0.05) is 29.3 Å². The quantitative estimate of drug-likeness (QED) is 0.826. The van der Waals surface area contributed by atoms with Gasteiger partial charge in [-0.15, -0.1) is 11.8 Å². The first kappa shape index (κ1) is 14.9. The number of aromatic nitrogens is 2. The highest BCUT2D eigenvalue weighted by atomic mass is 32.2. The zero-order valence-corrected chi connectivity index (χ0v) is 13.3. The molecule has 0 radical (unpaired) electrons. The third-order valence-electron chi connectivity index (χ3n) is 3.02. The van der Waals surface area contributed by atoms with E-state index in [1.165, 1.54) is 4.90 Å². The van der Waals surface area contributed by atoms with Crippen molar-refractivity contribution in [3.63, 3.8) is 0 Å². The Bertz CT molecular complexity index is 564. The molecule has 0 atom stereocenters. The van der Waals surface area contributed by atoms with Crippen LogP contribution >= 0.6 is 11.8 Å². The molecule has 2 rings (SSSR count). The van der Waals surface area contributed by atoms with E-state index in [1.807, 2.05) is 24.9 Å². The van der Waals surface area contributed by atoms with E-state index < -0.39 is 0 Å². The highest BCUT2D eigenvalue weighted by Crippen LogP contribution is 2.24. The van der Waals surface area contributed by atoms with Crippen LogP contribution in [0.15, 0.2) is 35.2 Å². The molecule has 0 aliphatic rings. The summed E-state index contributed by atoms with van der Waals surface area (Å²) in [5.74, 6) is 3.13. The minimum atomic E-state index is 0.388. The van der Waals surface area contributed by atoms with Crippen molar-refractivity contribution in [2.75, 3.05) is 18.1 Å². The summed E-state index contributed by atoms with van der Waals surface area (Å²) in [7, 11) is 1.89. The average Bonchev–Trinajstić information content (AvgIpc) is 2.47. The fourth-order valence-corrected chi connectivity index (χ4v) is 2.55. The van der Waals surface area contributed by atoms with Gasteiger partial charge < -0.3 is 5.32 Å². The largest absolute Gasteiger partial charge is 0.373 e. The first-order valence-corrected chi connectivity index (χ1v) is 7.92. The zero-order chi connectivity index (χ0) is 14.5. The fourth-order valence-electron chi connectivity index (χ4n) is 1.89. The van der Waals surface area contributed by atoms with Crippen LogP contribution in [0.1, 0.15) is 32.4 Å². The molecule has 2 aromatic rings. The Kier molecular flexibility index (Phi) is 5.01. The van der Waals surface area contributed by atoms with Crippen molar-refractivity contribution in [2.24, 2.45) is 0 Å². The van der Waals surface area contributed by atoms with Gasteiger partial charge in [-0.2, -0.15) is 0 Å². The standard InChI is InChI=1S/C16H21N3S/c1-5-20-13-8-6-12(7-9-13)16-18-14(11(2)3)10-15(17-4)19-16/h6-11H,5H2,1-4H3,(H,17,18,19). The second-order valence-electron chi connectivity index (χ2n) is 4.86. The van der Waals surface area contributed by atoms with E-state index in [1.54, 1.807) is 0 Å². The Morgan fingerprint density at radius 3 is 2.40 bits per heavy atom. The SMILES string of the molecule is CCSc1ccc(-c2nc(NC)cc(C(C)C)n2)cc1. The maximum Gasteiger partial charge on any atom is 0.161 e. The van der Waals surface area contributed by atoms with E-state index in [9.17, 15) is 0 Å². The lowest BCUT2D eigenvalue weighted by Crippen LogP contribution is -2.02. The molecule has 1 N–H and O–H groups in total. The summed E-state index contributed by atoms with van der Waals surface area (Å²) in [4.78, 5) is 10.5. The van der Waals surface area contributed by atoms with Gasteiger partial charge in [-0.25, -0.2) is 9.97 Å². The van der Waals surface area contributed by atoms with Gasteiger partial charge in [0.2, 0.25) is 0 Å². The third kappa shape index (κ3) is 3.51. The van der Waals surface area contributed by atoms with Crippen LogP contribution in [0.4, 0.5) is 5.82 Å². The predicted octanol–water partition coefficient (Wildman–Crippen LogP) is 4.42. The molecule has 3 nitrogen and oxygen atoms in total. The van der Waals surface area contributed by atoms with Crippen LogP contribution in [0.5, 0.6) is 0 Å². The monoisotopic (exact) mass is 287 g/mol. The van der Waals surface area contributed by atoms with Crippen molar-refractivity contribution in [1.82, 2.24) is 9.97 Å². The number of nitrogens with one attached hydrogen (secondary N) is 1. The Morgan fingerprint density at radius 2 is 1.85 bits per heavy atom. The summed E-state index contributed by atoms with van der Waals surface area (Å²) in [5.41, 5.74) is 2.12. The lowest BCUT2D eigenvalue weighted by atomic mass is 10.1. The maximum atomic E-state index is 4.67. The highest BCUT2D eigenvalue weighted by molar-refractivity contribution is 7.99. The molecule has 0 saturated carbocycles. The van der Waals surface area contributed by atoms with Crippen LogP contribution in [-0.2, 0) is 0 Å². The Morgan fingerprint density at radius 1 is 1.15 bits per heavy atom. The van der Waals surface area contributed by atoms with Gasteiger partial charge in [0.1, 0.15) is 5.82 Å². The molecule has 0 amide bonds. The number of hydrogen-bond donors (Lipinski definition) is 1. The molecule has 0 unspecified atom stereocenters. The van der Waals surface area contributed by atoms with Crippen LogP contribution in [-0.4, -0.2) is 22.8 Å². The van der Waals surface area contributed by atoms with Gasteiger partial charge >= 0.3 is 0 Å². The normalized spacial score (nSPS) is 10.8. The van der Waals surface area contributed by atoms with Crippen molar-refractivity contribution in [3.8, 4) is 11.4 Å². The van der Waals surface area contributed by atoms with E-state index in [0.717, 1.165) is 28.7 Å². The van der Waals surface area contributed by atoms with Crippen LogP contribution in [0.3, 0.4) is 0 Å². The van der Waals surface area contributed by atoms with Gasteiger partial charge in [-0.3, -0.25) is 0 Å². The number of thioether (sulfide) groups is 1. The van der Waals surface area contributed by atoms with Crippen LogP contribution in [0.25, 0.3) is 11.4 Å². The summed E-state index contributed by atoms with van der Waals surface area (Å²) in [6.45, 7) is 6.45. The van der Waals surface area contributed by atoms with E-state index in [-0.39, 0.29) is 0 Å². The molecule has 0 aliphatic heterocycles. The van der Waals surface area contributed by atoms with E-state index in [0.29, 0.717) is 5.92 Å². The van der Waals surface area contributed by atoms with Gasteiger partial charge in [-0.05, 0) is 23.8 Å². The smallest absolute Gasteiger partial charge is 0.161 e. The van der Waals surface area contributed by atoms with E-state index in [4.69, 9.17) is 0 Å². The number of rotatable bonds is 5. The summed E-state index contributed by atoms with van der Waals surface area (Å²) >= 11 is 1.84. The molecule has 0 fully saturated rings. The summed E-state index contributed by atoms with van der Waals surface area (Å²) in [6.07, 6.45) is 0. The molecule has 1 aromatic carbocycles. The van der Waals surface area contributed by atoms with E-state index >= 15 is 0 Å². The summed E-state index contributed by atoms with van der Waals surface area (Å²) < 4.78 is 0. The Hall–Kier alpha value is -1.55. The lowest BCUT2D eigenvalue weighted by molar-refractivity contribution is 0.817. The number of hydrogen-bond acceptors (Lipinski definition) is 4. The summed E-state index contributed by atoms with van der Waals surface area (Å²) in [5, 5.41) is 3.11. The minimum absolute atomic E-state index is 0.388. The molecule has 20 heavy (non-hydrogen) atoms. The van der Waals surface area contributed by atoms with Gasteiger partial charge in [0.05, 0.1) is 0 Å². The van der Waals surface area contributed by atoms with Gasteiger partial charge in [0.25, 0.3) is 0 Å². The van der Waals surface area contributed by atoms with E-state index in [2.05, 4.69) is 60.3 Å². The molecule has 4 heteroatoms. The van der Waals surface area contributed by atoms with Crippen LogP contribution < -0.4 is 5.32 Å². The fraction of sp³-hybridized carbons (Fsp3) is 0.375. The highest BCUT2D eigenvalue weighted by Gasteiger charge is 2.09. The van der Waals surface area contributed by atoms with Gasteiger partial charge in [-0.1, -0.05) is 32.9 Å². The van der Waals surface area contributed by atoms with Crippen molar-refractivity contribution in [3.05, 3.63) is 36.0 Å². The number of benzene rings is 1. The Labute approximate surface area is 125 Å². The Balaban J connectivity index is 2.37. The number of anilines is 1. The molecular formula is C16H21N3S. The average molecular weight is 287 g/mol. The topological polar surface area (TPSA) is 37.8 Å². The molecule has 106 valence electrons. The first-order chi connectivity index (χ1) is 9.63. The third-order valence-corrected chi connectivity index (χ3v) is 3.91. The lowest BCUT2D eigenvalue weighted by Gasteiger charge is -2.10. The molecule has 0 spiro atoms. The first-order valence-electron chi connectivity index (χ1n) is 6.94. The van der Waals surface area contributed by atoms with Crippen LogP contribution in [0.2, 0.25) is 0 Å². The molecule has 1 aromatic heterocycles. The number of nitrogens with zero attached hydrogens (tertiary/aromatic N) is 2. The predicted molar refractivity (Wildman–Crippen MR) is 87.5 cm³/mol. The van der Waals surface area contributed by atoms with Crippen LogP contribution in [0, 0.1) is 0 Å². The van der Waals surface area contributed by atoms with Crippen molar-refractivity contribution in [2.45, 2.75) is 31.6 Å². The molecule has 1 heterocycles. The second-order valence-corrected chi connectivity index (χ2v) is 6.20. The summed E-state index contributed by atoms with van der Waals surface area (Å²) in [6, 6.07) is 10.5.